The van der Waals surface area contributed by atoms with Gasteiger partial charge < -0.3 is 14.6 Å². The highest BCUT2D eigenvalue weighted by Gasteiger charge is 2.41. The Kier molecular flexibility index (Phi) is 3.33. The van der Waals surface area contributed by atoms with Gasteiger partial charge in [0.05, 0.1) is 5.56 Å². The highest BCUT2D eigenvalue weighted by Crippen LogP contribution is 2.34. The standard InChI is InChI=1S/C17H22N2O3/c1-10-15-13(20)3-2-4-14(15)22-16(10)17(21)19-11-5-6-12(19)9-18-8-7-11/h11-12,18H,2-9H2,1H3. The van der Waals surface area contributed by atoms with E-state index < -0.39 is 0 Å². The van der Waals surface area contributed by atoms with Crippen molar-refractivity contribution in [3.8, 4) is 0 Å². The number of carbonyl (C=O) groups is 2. The summed E-state index contributed by atoms with van der Waals surface area (Å²) in [6.07, 6.45) is 5.30. The van der Waals surface area contributed by atoms with Crippen LogP contribution in [0.5, 0.6) is 0 Å². The summed E-state index contributed by atoms with van der Waals surface area (Å²) in [5.41, 5.74) is 1.43. The number of Topliss-reactive ketones (excluding diaryl/α,β-unsaturated/α-hetero) is 1. The maximum absolute atomic E-state index is 13.1. The second kappa shape index (κ2) is 5.23. The van der Waals surface area contributed by atoms with Gasteiger partial charge in [-0.1, -0.05) is 0 Å². The van der Waals surface area contributed by atoms with E-state index in [1.54, 1.807) is 0 Å². The maximum Gasteiger partial charge on any atom is 0.290 e. The molecule has 2 saturated heterocycles. The van der Waals surface area contributed by atoms with Crippen LogP contribution in [0.1, 0.15) is 64.3 Å². The van der Waals surface area contributed by atoms with Crippen molar-refractivity contribution < 1.29 is 14.0 Å². The fourth-order valence-electron chi connectivity index (χ4n) is 4.28. The van der Waals surface area contributed by atoms with Crippen molar-refractivity contribution in [2.24, 2.45) is 0 Å². The monoisotopic (exact) mass is 302 g/mol. The molecule has 5 heteroatoms. The fourth-order valence-corrected chi connectivity index (χ4v) is 4.28. The minimum atomic E-state index is -0.0177. The molecule has 0 aromatic carbocycles. The maximum atomic E-state index is 13.1. The van der Waals surface area contributed by atoms with Crippen LogP contribution in [0.2, 0.25) is 0 Å². The molecule has 2 aliphatic heterocycles. The minimum Gasteiger partial charge on any atom is -0.455 e. The molecule has 4 rings (SSSR count). The summed E-state index contributed by atoms with van der Waals surface area (Å²) in [6, 6.07) is 0.571. The van der Waals surface area contributed by atoms with Crippen LogP contribution in [0, 0.1) is 6.92 Å². The second-order valence-corrected chi connectivity index (χ2v) is 6.72. The van der Waals surface area contributed by atoms with Crippen LogP contribution >= 0.6 is 0 Å². The Labute approximate surface area is 130 Å². The number of aryl methyl sites for hydroxylation is 1. The highest BCUT2D eigenvalue weighted by atomic mass is 16.4. The summed E-state index contributed by atoms with van der Waals surface area (Å²) >= 11 is 0. The van der Waals surface area contributed by atoms with Gasteiger partial charge in [0.15, 0.2) is 11.5 Å². The van der Waals surface area contributed by atoms with Crippen molar-refractivity contribution in [1.82, 2.24) is 10.2 Å². The molecule has 2 atom stereocenters. The molecule has 5 nitrogen and oxygen atoms in total. The number of carbonyl (C=O) groups excluding carboxylic acids is 2. The van der Waals surface area contributed by atoms with Crippen LogP contribution in [0.3, 0.4) is 0 Å². The molecule has 0 saturated carbocycles. The van der Waals surface area contributed by atoms with Crippen molar-refractivity contribution in [3.63, 3.8) is 0 Å². The molecule has 0 spiro atoms. The number of nitrogens with zero attached hydrogens (tertiary/aromatic N) is 1. The highest BCUT2D eigenvalue weighted by molar-refractivity contribution is 6.03. The molecule has 0 radical (unpaired) electrons. The van der Waals surface area contributed by atoms with E-state index in [4.69, 9.17) is 4.42 Å². The summed E-state index contributed by atoms with van der Waals surface area (Å²) in [5.74, 6) is 1.23. The van der Waals surface area contributed by atoms with Crippen LogP contribution in [0.25, 0.3) is 0 Å². The van der Waals surface area contributed by atoms with Crippen LogP contribution in [-0.2, 0) is 6.42 Å². The van der Waals surface area contributed by atoms with Crippen molar-refractivity contribution >= 4 is 11.7 Å². The van der Waals surface area contributed by atoms with Crippen molar-refractivity contribution in [2.75, 3.05) is 13.1 Å². The number of ketones is 1. The summed E-state index contributed by atoms with van der Waals surface area (Å²) in [4.78, 5) is 27.2. The number of fused-ring (bicyclic) bond motifs is 3. The fraction of sp³-hybridized carbons (Fsp3) is 0.647. The Balaban J connectivity index is 1.70. The second-order valence-electron chi connectivity index (χ2n) is 6.72. The molecular formula is C17H22N2O3. The molecule has 3 heterocycles. The Morgan fingerprint density at radius 3 is 2.86 bits per heavy atom. The van der Waals surface area contributed by atoms with Gasteiger partial charge in [-0.25, -0.2) is 0 Å². The lowest BCUT2D eigenvalue weighted by Gasteiger charge is -2.27. The first kappa shape index (κ1) is 14.0. The summed E-state index contributed by atoms with van der Waals surface area (Å²) in [6.45, 7) is 3.69. The minimum absolute atomic E-state index is 0.0177. The van der Waals surface area contributed by atoms with E-state index in [2.05, 4.69) is 5.32 Å². The molecule has 2 unspecified atom stereocenters. The predicted molar refractivity (Wildman–Crippen MR) is 81.2 cm³/mol. The average molecular weight is 302 g/mol. The summed E-state index contributed by atoms with van der Waals surface area (Å²) in [5, 5.41) is 3.41. The van der Waals surface area contributed by atoms with Crippen molar-refractivity contribution in [1.29, 1.82) is 0 Å². The first-order chi connectivity index (χ1) is 10.7. The molecule has 118 valence electrons. The zero-order valence-electron chi connectivity index (χ0n) is 13.0. The average Bonchev–Trinajstić information content (AvgIpc) is 2.95. The van der Waals surface area contributed by atoms with Gasteiger partial charge in [0, 0.05) is 37.0 Å². The topological polar surface area (TPSA) is 62.6 Å². The van der Waals surface area contributed by atoms with E-state index in [-0.39, 0.29) is 17.7 Å². The molecule has 1 aliphatic carbocycles. The number of hydrogen-bond acceptors (Lipinski definition) is 4. The Morgan fingerprint density at radius 2 is 2.05 bits per heavy atom. The zero-order valence-corrected chi connectivity index (χ0v) is 13.0. The first-order valence-electron chi connectivity index (χ1n) is 8.35. The number of furan rings is 1. The Hall–Kier alpha value is -1.62. The molecule has 1 aromatic rings. The first-order valence-corrected chi connectivity index (χ1v) is 8.35. The Bertz CT molecular complexity index is 620. The molecule has 2 bridgehead atoms. The third-order valence-electron chi connectivity index (χ3n) is 5.39. The number of rotatable bonds is 1. The largest absolute Gasteiger partial charge is 0.455 e. The SMILES string of the molecule is Cc1c(C(=O)N2C3CCNCC2CC3)oc2c1C(=O)CCC2. The van der Waals surface area contributed by atoms with Crippen molar-refractivity contribution in [3.05, 3.63) is 22.6 Å². The molecule has 1 aromatic heterocycles. The molecule has 1 N–H and O–H groups in total. The van der Waals surface area contributed by atoms with E-state index in [9.17, 15) is 9.59 Å². The van der Waals surface area contributed by atoms with Gasteiger partial charge in [0.2, 0.25) is 0 Å². The molecule has 1 amide bonds. The molecule has 2 fully saturated rings. The van der Waals surface area contributed by atoms with Crippen LogP contribution in [-0.4, -0.2) is 41.8 Å². The smallest absolute Gasteiger partial charge is 0.290 e. The zero-order chi connectivity index (χ0) is 15.3. The van der Waals surface area contributed by atoms with E-state index in [1.807, 2.05) is 11.8 Å². The lowest BCUT2D eigenvalue weighted by atomic mass is 9.94. The van der Waals surface area contributed by atoms with Gasteiger partial charge in [0.25, 0.3) is 5.91 Å². The molecule has 3 aliphatic rings. The van der Waals surface area contributed by atoms with E-state index in [0.29, 0.717) is 23.8 Å². The van der Waals surface area contributed by atoms with Crippen LogP contribution in [0.4, 0.5) is 0 Å². The van der Waals surface area contributed by atoms with Gasteiger partial charge in [-0.3, -0.25) is 9.59 Å². The van der Waals surface area contributed by atoms with Gasteiger partial charge in [-0.15, -0.1) is 0 Å². The van der Waals surface area contributed by atoms with E-state index in [1.165, 1.54) is 0 Å². The van der Waals surface area contributed by atoms with Gasteiger partial charge in [-0.05, 0) is 39.2 Å². The molecule has 22 heavy (non-hydrogen) atoms. The van der Waals surface area contributed by atoms with E-state index in [0.717, 1.165) is 56.5 Å². The summed E-state index contributed by atoms with van der Waals surface area (Å²) in [7, 11) is 0. The van der Waals surface area contributed by atoms with Gasteiger partial charge >= 0.3 is 0 Å². The van der Waals surface area contributed by atoms with Gasteiger partial charge in [0.1, 0.15) is 5.76 Å². The third-order valence-corrected chi connectivity index (χ3v) is 5.39. The number of amides is 1. The number of hydrogen-bond donors (Lipinski definition) is 1. The lowest BCUT2D eigenvalue weighted by molar-refractivity contribution is 0.0644. The predicted octanol–water partition coefficient (Wildman–Crippen LogP) is 2.07. The van der Waals surface area contributed by atoms with Crippen LogP contribution in [0.15, 0.2) is 4.42 Å². The third kappa shape index (κ3) is 2.02. The summed E-state index contributed by atoms with van der Waals surface area (Å²) < 4.78 is 5.86. The lowest BCUT2D eigenvalue weighted by Crippen LogP contribution is -2.42. The van der Waals surface area contributed by atoms with Crippen molar-refractivity contribution in [2.45, 2.75) is 57.5 Å². The van der Waals surface area contributed by atoms with E-state index >= 15 is 0 Å². The Morgan fingerprint density at radius 1 is 1.23 bits per heavy atom. The normalized spacial score (nSPS) is 27.7. The molecular weight excluding hydrogens is 280 g/mol. The van der Waals surface area contributed by atoms with Gasteiger partial charge in [-0.2, -0.15) is 0 Å². The van der Waals surface area contributed by atoms with Crippen LogP contribution < -0.4 is 5.32 Å². The number of nitrogens with one attached hydrogen (secondary N) is 1. The quantitative estimate of drug-likeness (QED) is 0.862.